The number of carbonyl (C=O) groups is 1. The third kappa shape index (κ3) is 1.15. The number of aliphatic imine (C=N–C) groups is 1. The minimum atomic E-state index is 0.196. The van der Waals surface area contributed by atoms with Crippen molar-refractivity contribution >= 4 is 11.7 Å². The lowest BCUT2D eigenvalue weighted by molar-refractivity contribution is -0.124. The van der Waals surface area contributed by atoms with E-state index in [1.54, 1.807) is 0 Å². The molecule has 2 rings (SSSR count). The van der Waals surface area contributed by atoms with Crippen molar-refractivity contribution in [2.45, 2.75) is 25.7 Å². The third-order valence-corrected chi connectivity index (χ3v) is 2.29. The maximum absolute atomic E-state index is 11.2. The fraction of sp³-hybridized carbons (Fsp3) is 0.750. The van der Waals surface area contributed by atoms with Gasteiger partial charge in [0.2, 0.25) is 5.91 Å². The van der Waals surface area contributed by atoms with E-state index in [0.29, 0.717) is 6.54 Å². The molecule has 0 aromatic carbocycles. The van der Waals surface area contributed by atoms with Crippen molar-refractivity contribution in [3.63, 3.8) is 0 Å². The number of amides is 1. The van der Waals surface area contributed by atoms with Crippen molar-refractivity contribution in [1.82, 2.24) is 4.90 Å². The Kier molecular flexibility index (Phi) is 1.64. The molecule has 0 spiro atoms. The first-order chi connectivity index (χ1) is 5.38. The second-order valence-corrected chi connectivity index (χ2v) is 3.09. The quantitative estimate of drug-likeness (QED) is 0.505. The molecule has 0 bridgehead atoms. The monoisotopic (exact) mass is 152 g/mol. The fourth-order valence-electron chi connectivity index (χ4n) is 1.67. The van der Waals surface area contributed by atoms with Crippen molar-refractivity contribution < 1.29 is 4.79 Å². The Hall–Kier alpha value is -0.860. The largest absolute Gasteiger partial charge is 0.299 e. The van der Waals surface area contributed by atoms with Crippen LogP contribution < -0.4 is 0 Å². The van der Waals surface area contributed by atoms with E-state index < -0.39 is 0 Å². The van der Waals surface area contributed by atoms with Crippen LogP contribution in [0.15, 0.2) is 4.99 Å². The van der Waals surface area contributed by atoms with Crippen LogP contribution in [-0.2, 0) is 4.79 Å². The molecule has 3 heteroatoms. The summed E-state index contributed by atoms with van der Waals surface area (Å²) >= 11 is 0. The van der Waals surface area contributed by atoms with Crippen LogP contribution in [0.1, 0.15) is 25.7 Å². The van der Waals surface area contributed by atoms with Crippen molar-refractivity contribution in [3.05, 3.63) is 0 Å². The molecule has 11 heavy (non-hydrogen) atoms. The number of fused-ring (bicyclic) bond motifs is 1. The predicted octanol–water partition coefficient (Wildman–Crippen LogP) is 0.801. The van der Waals surface area contributed by atoms with Crippen LogP contribution in [0.25, 0.3) is 0 Å². The summed E-state index contributed by atoms with van der Waals surface area (Å²) in [5.74, 6) is 1.23. The molecule has 0 aromatic rings. The van der Waals surface area contributed by atoms with E-state index in [0.717, 1.165) is 25.2 Å². The molecule has 3 nitrogen and oxygen atoms in total. The van der Waals surface area contributed by atoms with Gasteiger partial charge < -0.3 is 0 Å². The fourth-order valence-corrected chi connectivity index (χ4v) is 1.67. The van der Waals surface area contributed by atoms with Crippen LogP contribution in [0.5, 0.6) is 0 Å². The SMILES string of the molecule is O=C1CN=C2CCCCCN12. The summed E-state index contributed by atoms with van der Waals surface area (Å²) in [5.41, 5.74) is 0. The minimum absolute atomic E-state index is 0.196. The van der Waals surface area contributed by atoms with Gasteiger partial charge in [-0.25, -0.2) is 0 Å². The summed E-state index contributed by atoms with van der Waals surface area (Å²) in [6.45, 7) is 1.30. The normalized spacial score (nSPS) is 24.5. The maximum Gasteiger partial charge on any atom is 0.249 e. The van der Waals surface area contributed by atoms with Gasteiger partial charge >= 0.3 is 0 Å². The highest BCUT2D eigenvalue weighted by atomic mass is 16.2. The average molecular weight is 152 g/mol. The summed E-state index contributed by atoms with van der Waals surface area (Å²) in [7, 11) is 0. The van der Waals surface area contributed by atoms with Crippen LogP contribution in [-0.4, -0.2) is 29.7 Å². The van der Waals surface area contributed by atoms with E-state index in [1.807, 2.05) is 4.90 Å². The van der Waals surface area contributed by atoms with Crippen LogP contribution in [0, 0.1) is 0 Å². The highest BCUT2D eigenvalue weighted by molar-refractivity contribution is 6.04. The summed E-state index contributed by atoms with van der Waals surface area (Å²) in [5, 5.41) is 0. The standard InChI is InChI=1S/C8H12N2O/c11-8-6-9-7-4-2-1-3-5-10(7)8/h1-6H2. The first-order valence-electron chi connectivity index (χ1n) is 4.21. The van der Waals surface area contributed by atoms with Gasteiger partial charge in [0.15, 0.2) is 0 Å². The van der Waals surface area contributed by atoms with Crippen molar-refractivity contribution in [2.75, 3.05) is 13.1 Å². The number of hydrogen-bond donors (Lipinski definition) is 0. The second kappa shape index (κ2) is 2.64. The molecule has 0 N–H and O–H groups in total. The highest BCUT2D eigenvalue weighted by Gasteiger charge is 2.25. The van der Waals surface area contributed by atoms with Gasteiger partial charge in [-0.05, 0) is 12.8 Å². The molecule has 2 aliphatic heterocycles. The van der Waals surface area contributed by atoms with Gasteiger partial charge in [-0.1, -0.05) is 6.42 Å². The van der Waals surface area contributed by atoms with Crippen molar-refractivity contribution in [3.8, 4) is 0 Å². The molecule has 2 aliphatic rings. The third-order valence-electron chi connectivity index (χ3n) is 2.29. The lowest BCUT2D eigenvalue weighted by Crippen LogP contribution is -2.31. The number of nitrogens with zero attached hydrogens (tertiary/aromatic N) is 2. The molecule has 0 atom stereocenters. The summed E-state index contributed by atoms with van der Waals surface area (Å²) in [4.78, 5) is 17.2. The second-order valence-electron chi connectivity index (χ2n) is 3.09. The van der Waals surface area contributed by atoms with Crippen LogP contribution >= 0.6 is 0 Å². The Labute approximate surface area is 66.1 Å². The Bertz CT molecular complexity index is 210. The van der Waals surface area contributed by atoms with Gasteiger partial charge in [0, 0.05) is 13.0 Å². The molecular weight excluding hydrogens is 140 g/mol. The summed E-state index contributed by atoms with van der Waals surface area (Å²) in [6.07, 6.45) is 4.59. The van der Waals surface area contributed by atoms with E-state index >= 15 is 0 Å². The van der Waals surface area contributed by atoms with E-state index in [1.165, 1.54) is 12.8 Å². The van der Waals surface area contributed by atoms with Crippen LogP contribution in [0.4, 0.5) is 0 Å². The zero-order valence-electron chi connectivity index (χ0n) is 6.55. The molecule has 2 heterocycles. The van der Waals surface area contributed by atoms with Crippen molar-refractivity contribution in [2.24, 2.45) is 4.99 Å². The zero-order chi connectivity index (χ0) is 7.68. The van der Waals surface area contributed by atoms with E-state index in [4.69, 9.17) is 0 Å². The molecule has 1 fully saturated rings. The lowest BCUT2D eigenvalue weighted by Gasteiger charge is -2.13. The molecule has 0 unspecified atom stereocenters. The van der Waals surface area contributed by atoms with Crippen LogP contribution in [0.2, 0.25) is 0 Å². The molecule has 0 aliphatic carbocycles. The van der Waals surface area contributed by atoms with Gasteiger partial charge in [-0.2, -0.15) is 0 Å². The molecule has 1 saturated heterocycles. The predicted molar refractivity (Wildman–Crippen MR) is 42.5 cm³/mol. The number of rotatable bonds is 0. The van der Waals surface area contributed by atoms with Gasteiger partial charge in [-0.15, -0.1) is 0 Å². The highest BCUT2D eigenvalue weighted by Crippen LogP contribution is 2.16. The number of hydrogen-bond acceptors (Lipinski definition) is 2. The number of carbonyl (C=O) groups excluding carboxylic acids is 1. The minimum Gasteiger partial charge on any atom is -0.299 e. The van der Waals surface area contributed by atoms with Gasteiger partial charge in [0.1, 0.15) is 12.4 Å². The Morgan fingerprint density at radius 2 is 2.18 bits per heavy atom. The number of amidine groups is 1. The summed E-state index contributed by atoms with van der Waals surface area (Å²) < 4.78 is 0. The van der Waals surface area contributed by atoms with Crippen molar-refractivity contribution in [1.29, 1.82) is 0 Å². The lowest BCUT2D eigenvalue weighted by atomic mass is 10.2. The Balaban J connectivity index is 2.15. The van der Waals surface area contributed by atoms with E-state index in [-0.39, 0.29) is 5.91 Å². The molecular formula is C8H12N2O. The Morgan fingerprint density at radius 1 is 1.27 bits per heavy atom. The molecule has 0 aromatic heterocycles. The molecule has 0 radical (unpaired) electrons. The van der Waals surface area contributed by atoms with Crippen LogP contribution in [0.3, 0.4) is 0 Å². The molecule has 60 valence electrons. The topological polar surface area (TPSA) is 32.7 Å². The first kappa shape index (κ1) is 6.83. The Morgan fingerprint density at radius 3 is 3.09 bits per heavy atom. The first-order valence-corrected chi connectivity index (χ1v) is 4.21. The smallest absolute Gasteiger partial charge is 0.249 e. The van der Waals surface area contributed by atoms with E-state index in [9.17, 15) is 4.79 Å². The van der Waals surface area contributed by atoms with E-state index in [2.05, 4.69) is 4.99 Å². The van der Waals surface area contributed by atoms with Gasteiger partial charge in [-0.3, -0.25) is 14.7 Å². The average Bonchev–Trinajstić information content (AvgIpc) is 2.25. The molecule has 1 amide bonds. The molecule has 0 saturated carbocycles. The summed E-state index contributed by atoms with van der Waals surface area (Å²) in [6, 6.07) is 0. The maximum atomic E-state index is 11.2. The van der Waals surface area contributed by atoms with Gasteiger partial charge in [0.25, 0.3) is 0 Å². The van der Waals surface area contributed by atoms with Gasteiger partial charge in [0.05, 0.1) is 0 Å². The zero-order valence-corrected chi connectivity index (χ0v) is 6.55.